The molecule has 0 spiro atoms. The summed E-state index contributed by atoms with van der Waals surface area (Å²) in [5.41, 5.74) is 2.90. The summed E-state index contributed by atoms with van der Waals surface area (Å²) in [6.07, 6.45) is 0. The van der Waals surface area contributed by atoms with Crippen LogP contribution in [0.3, 0.4) is 0 Å². The minimum Gasteiger partial charge on any atom is -0.291 e. The number of benzene rings is 2. The van der Waals surface area contributed by atoms with Gasteiger partial charge in [-0.1, -0.05) is 36.4 Å². The molecule has 0 aliphatic heterocycles. The van der Waals surface area contributed by atoms with Gasteiger partial charge < -0.3 is 0 Å². The van der Waals surface area contributed by atoms with Gasteiger partial charge in [0.2, 0.25) is 0 Å². The number of hydrogen-bond acceptors (Lipinski definition) is 2. The van der Waals surface area contributed by atoms with E-state index in [2.05, 4.69) is 4.98 Å². The van der Waals surface area contributed by atoms with Crippen LogP contribution in [0.15, 0.2) is 53.3 Å². The molecule has 106 valence electrons. The first-order chi connectivity index (χ1) is 10.2. The molecule has 0 fully saturated rings. The van der Waals surface area contributed by atoms with E-state index in [4.69, 9.17) is 11.6 Å². The Morgan fingerprint density at radius 1 is 1.10 bits per heavy atom. The van der Waals surface area contributed by atoms with Gasteiger partial charge in [-0.3, -0.25) is 9.36 Å². The molecular formula is C17H15ClN2O. The standard InChI is InChI=1S/C17H15ClN2O/c1-12-6-2-3-7-13(12)11-20-16(10-18)19-15-9-5-4-8-14(15)17(20)21/h2-9H,10-11H2,1H3. The zero-order chi connectivity index (χ0) is 14.8. The number of fused-ring (bicyclic) bond motifs is 1. The number of rotatable bonds is 3. The number of aryl methyl sites for hydroxylation is 1. The molecule has 3 nitrogen and oxygen atoms in total. The lowest BCUT2D eigenvalue weighted by molar-refractivity contribution is 0.703. The summed E-state index contributed by atoms with van der Waals surface area (Å²) in [4.78, 5) is 17.2. The predicted octanol–water partition coefficient (Wildman–Crippen LogP) is 3.49. The Hall–Kier alpha value is -2.13. The van der Waals surface area contributed by atoms with Gasteiger partial charge in [0.25, 0.3) is 5.56 Å². The van der Waals surface area contributed by atoms with Gasteiger partial charge in [-0.25, -0.2) is 4.98 Å². The number of aromatic nitrogens is 2. The Balaban J connectivity index is 2.20. The third-order valence-corrected chi connectivity index (χ3v) is 3.89. The second-order valence-electron chi connectivity index (χ2n) is 5.00. The normalized spacial score (nSPS) is 11.0. The Morgan fingerprint density at radius 3 is 2.57 bits per heavy atom. The minimum absolute atomic E-state index is 0.0421. The Bertz CT molecular complexity index is 855. The van der Waals surface area contributed by atoms with Crippen molar-refractivity contribution in [2.75, 3.05) is 0 Å². The molecule has 0 unspecified atom stereocenters. The first kappa shape index (κ1) is 13.8. The van der Waals surface area contributed by atoms with E-state index < -0.39 is 0 Å². The Kier molecular flexibility index (Phi) is 3.76. The van der Waals surface area contributed by atoms with Crippen LogP contribution in [0.5, 0.6) is 0 Å². The monoisotopic (exact) mass is 298 g/mol. The van der Waals surface area contributed by atoms with Crippen LogP contribution in [0.25, 0.3) is 10.9 Å². The van der Waals surface area contributed by atoms with Gasteiger partial charge in [0, 0.05) is 0 Å². The van der Waals surface area contributed by atoms with Crippen molar-refractivity contribution < 1.29 is 0 Å². The second kappa shape index (κ2) is 5.70. The molecule has 0 aliphatic carbocycles. The van der Waals surface area contributed by atoms with Crippen molar-refractivity contribution in [3.8, 4) is 0 Å². The fourth-order valence-electron chi connectivity index (χ4n) is 2.44. The van der Waals surface area contributed by atoms with E-state index >= 15 is 0 Å². The predicted molar refractivity (Wildman–Crippen MR) is 85.8 cm³/mol. The van der Waals surface area contributed by atoms with Crippen molar-refractivity contribution in [1.29, 1.82) is 0 Å². The summed E-state index contributed by atoms with van der Waals surface area (Å²) in [5, 5.41) is 0.625. The van der Waals surface area contributed by atoms with E-state index in [1.807, 2.05) is 49.4 Å². The lowest BCUT2D eigenvalue weighted by Crippen LogP contribution is -2.25. The zero-order valence-electron chi connectivity index (χ0n) is 11.7. The zero-order valence-corrected chi connectivity index (χ0v) is 12.5. The molecule has 0 N–H and O–H groups in total. The van der Waals surface area contributed by atoms with Crippen LogP contribution < -0.4 is 5.56 Å². The minimum atomic E-state index is -0.0421. The number of hydrogen-bond donors (Lipinski definition) is 0. The van der Waals surface area contributed by atoms with Crippen molar-refractivity contribution >= 4 is 22.5 Å². The molecule has 4 heteroatoms. The lowest BCUT2D eigenvalue weighted by atomic mass is 10.1. The quantitative estimate of drug-likeness (QED) is 0.694. The molecule has 0 aliphatic rings. The maximum Gasteiger partial charge on any atom is 0.261 e. The number of para-hydroxylation sites is 1. The van der Waals surface area contributed by atoms with Gasteiger partial charge in [-0.15, -0.1) is 11.6 Å². The molecule has 2 aromatic carbocycles. The van der Waals surface area contributed by atoms with E-state index in [1.165, 1.54) is 0 Å². The van der Waals surface area contributed by atoms with Crippen LogP contribution in [0.4, 0.5) is 0 Å². The van der Waals surface area contributed by atoms with Crippen LogP contribution in [-0.2, 0) is 12.4 Å². The SMILES string of the molecule is Cc1ccccc1Cn1c(CCl)nc2ccccc2c1=O. The molecule has 21 heavy (non-hydrogen) atoms. The molecule has 0 amide bonds. The highest BCUT2D eigenvalue weighted by atomic mass is 35.5. The van der Waals surface area contributed by atoms with Gasteiger partial charge in [0.15, 0.2) is 0 Å². The molecule has 0 saturated heterocycles. The molecule has 1 aromatic heterocycles. The highest BCUT2D eigenvalue weighted by Gasteiger charge is 2.11. The molecule has 0 saturated carbocycles. The fourth-order valence-corrected chi connectivity index (χ4v) is 2.64. The summed E-state index contributed by atoms with van der Waals surface area (Å²) in [6, 6.07) is 15.4. The summed E-state index contributed by atoms with van der Waals surface area (Å²) in [5.74, 6) is 0.815. The Labute approximate surface area is 127 Å². The van der Waals surface area contributed by atoms with Crippen LogP contribution in [0, 0.1) is 6.92 Å². The molecule has 3 rings (SSSR count). The third-order valence-electron chi connectivity index (χ3n) is 3.65. The highest BCUT2D eigenvalue weighted by molar-refractivity contribution is 6.16. The lowest BCUT2D eigenvalue weighted by Gasteiger charge is -2.13. The molecular weight excluding hydrogens is 284 g/mol. The van der Waals surface area contributed by atoms with Crippen molar-refractivity contribution in [2.24, 2.45) is 0 Å². The Morgan fingerprint density at radius 2 is 1.81 bits per heavy atom. The van der Waals surface area contributed by atoms with Gasteiger partial charge in [0.1, 0.15) is 5.82 Å². The highest BCUT2D eigenvalue weighted by Crippen LogP contribution is 2.13. The first-order valence-corrected chi connectivity index (χ1v) is 7.33. The largest absolute Gasteiger partial charge is 0.291 e. The van der Waals surface area contributed by atoms with E-state index in [0.717, 1.165) is 11.1 Å². The summed E-state index contributed by atoms with van der Waals surface area (Å²) in [6.45, 7) is 2.53. The van der Waals surface area contributed by atoms with E-state index in [-0.39, 0.29) is 11.4 Å². The summed E-state index contributed by atoms with van der Waals surface area (Å²) in [7, 11) is 0. The van der Waals surface area contributed by atoms with Crippen molar-refractivity contribution in [2.45, 2.75) is 19.3 Å². The van der Waals surface area contributed by atoms with Crippen LogP contribution in [-0.4, -0.2) is 9.55 Å². The van der Waals surface area contributed by atoms with Gasteiger partial charge >= 0.3 is 0 Å². The van der Waals surface area contributed by atoms with Gasteiger partial charge in [-0.2, -0.15) is 0 Å². The number of alkyl halides is 1. The number of halogens is 1. The summed E-state index contributed by atoms with van der Waals surface area (Å²) < 4.78 is 1.66. The molecule has 0 atom stereocenters. The second-order valence-corrected chi connectivity index (χ2v) is 5.26. The van der Waals surface area contributed by atoms with E-state index in [1.54, 1.807) is 10.6 Å². The van der Waals surface area contributed by atoms with Gasteiger partial charge in [0.05, 0.1) is 23.3 Å². The van der Waals surface area contributed by atoms with Gasteiger partial charge in [-0.05, 0) is 30.2 Å². The van der Waals surface area contributed by atoms with Crippen molar-refractivity contribution in [3.63, 3.8) is 0 Å². The smallest absolute Gasteiger partial charge is 0.261 e. The topological polar surface area (TPSA) is 34.9 Å². The fraction of sp³-hybridized carbons (Fsp3) is 0.176. The average Bonchev–Trinajstić information content (AvgIpc) is 2.52. The maximum absolute atomic E-state index is 12.7. The van der Waals surface area contributed by atoms with Crippen LogP contribution >= 0.6 is 11.6 Å². The average molecular weight is 299 g/mol. The van der Waals surface area contributed by atoms with E-state index in [0.29, 0.717) is 23.3 Å². The molecule has 0 radical (unpaired) electrons. The molecule has 3 aromatic rings. The maximum atomic E-state index is 12.7. The molecule has 0 bridgehead atoms. The van der Waals surface area contributed by atoms with Crippen LogP contribution in [0.1, 0.15) is 17.0 Å². The van der Waals surface area contributed by atoms with Crippen LogP contribution in [0.2, 0.25) is 0 Å². The van der Waals surface area contributed by atoms with E-state index in [9.17, 15) is 4.79 Å². The third kappa shape index (κ3) is 2.57. The molecule has 1 heterocycles. The van der Waals surface area contributed by atoms with Crippen molar-refractivity contribution in [1.82, 2.24) is 9.55 Å². The number of nitrogens with zero attached hydrogens (tertiary/aromatic N) is 2. The summed E-state index contributed by atoms with van der Waals surface area (Å²) >= 11 is 5.99. The van der Waals surface area contributed by atoms with Crippen molar-refractivity contribution in [3.05, 3.63) is 75.8 Å². The first-order valence-electron chi connectivity index (χ1n) is 6.79.